The molecule has 0 fully saturated rings. The van der Waals surface area contributed by atoms with Crippen molar-refractivity contribution in [2.45, 2.75) is 30.7 Å². The molecule has 0 radical (unpaired) electrons. The Bertz CT molecular complexity index is 543. The lowest BCUT2D eigenvalue weighted by atomic mass is 10.1. The molecule has 0 bridgehead atoms. The Morgan fingerprint density at radius 1 is 1.42 bits per heavy atom. The van der Waals surface area contributed by atoms with Crippen LogP contribution in [0.4, 0.5) is 5.69 Å². The standard InChI is InChI=1S/C12H19N3O3S/c1-3-5-11(13)12(16)15-9-6-4-7-10(8-9)19(17,18)14-2/h4,6-8,11,14H,3,5,13H2,1-2H3,(H,15,16)/t11-/m0/s1. The molecule has 1 amide bonds. The van der Waals surface area contributed by atoms with Crippen LogP contribution in [0.5, 0.6) is 0 Å². The molecule has 0 saturated carbocycles. The summed E-state index contributed by atoms with van der Waals surface area (Å²) in [7, 11) is -2.19. The molecule has 0 saturated heterocycles. The fourth-order valence-electron chi connectivity index (χ4n) is 1.54. The van der Waals surface area contributed by atoms with Crippen LogP contribution in [-0.2, 0) is 14.8 Å². The van der Waals surface area contributed by atoms with Crippen molar-refractivity contribution in [2.75, 3.05) is 12.4 Å². The third kappa shape index (κ3) is 4.30. The number of nitrogens with one attached hydrogen (secondary N) is 2. The number of hydrogen-bond donors (Lipinski definition) is 3. The normalized spacial score (nSPS) is 13.0. The van der Waals surface area contributed by atoms with E-state index in [1.165, 1.54) is 19.2 Å². The van der Waals surface area contributed by atoms with E-state index in [0.717, 1.165) is 6.42 Å². The van der Waals surface area contributed by atoms with Crippen LogP contribution in [0.1, 0.15) is 19.8 Å². The highest BCUT2D eigenvalue weighted by Gasteiger charge is 2.15. The monoisotopic (exact) mass is 285 g/mol. The van der Waals surface area contributed by atoms with Crippen LogP contribution in [0.15, 0.2) is 29.2 Å². The summed E-state index contributed by atoms with van der Waals surface area (Å²) in [6.45, 7) is 1.94. The van der Waals surface area contributed by atoms with Crippen molar-refractivity contribution in [3.63, 3.8) is 0 Å². The second-order valence-electron chi connectivity index (χ2n) is 4.12. The van der Waals surface area contributed by atoms with Gasteiger partial charge in [-0.25, -0.2) is 13.1 Å². The minimum absolute atomic E-state index is 0.0943. The van der Waals surface area contributed by atoms with E-state index >= 15 is 0 Å². The molecule has 0 heterocycles. The maximum atomic E-state index is 11.7. The summed E-state index contributed by atoms with van der Waals surface area (Å²) in [5, 5.41) is 2.61. The van der Waals surface area contributed by atoms with E-state index in [1.807, 2.05) is 6.92 Å². The van der Waals surface area contributed by atoms with Crippen LogP contribution in [-0.4, -0.2) is 27.4 Å². The van der Waals surface area contributed by atoms with Gasteiger partial charge < -0.3 is 11.1 Å². The fraction of sp³-hybridized carbons (Fsp3) is 0.417. The van der Waals surface area contributed by atoms with Crippen molar-refractivity contribution in [2.24, 2.45) is 5.73 Å². The summed E-state index contributed by atoms with van der Waals surface area (Å²) in [6, 6.07) is 5.43. The highest BCUT2D eigenvalue weighted by molar-refractivity contribution is 7.89. The van der Waals surface area contributed by atoms with Gasteiger partial charge in [0, 0.05) is 5.69 Å². The molecule has 1 aromatic carbocycles. The van der Waals surface area contributed by atoms with E-state index in [-0.39, 0.29) is 10.8 Å². The number of hydrogen-bond acceptors (Lipinski definition) is 4. The first kappa shape index (κ1) is 15.6. The van der Waals surface area contributed by atoms with Gasteiger partial charge >= 0.3 is 0 Å². The number of nitrogens with two attached hydrogens (primary N) is 1. The van der Waals surface area contributed by atoms with Crippen molar-refractivity contribution in [3.05, 3.63) is 24.3 Å². The SMILES string of the molecule is CCC[C@H](N)C(=O)Nc1cccc(S(=O)(=O)NC)c1. The summed E-state index contributed by atoms with van der Waals surface area (Å²) in [6.07, 6.45) is 1.39. The van der Waals surface area contributed by atoms with Gasteiger partial charge in [0.05, 0.1) is 10.9 Å². The van der Waals surface area contributed by atoms with Gasteiger partial charge in [0.1, 0.15) is 0 Å². The van der Waals surface area contributed by atoms with Crippen LogP contribution in [0.3, 0.4) is 0 Å². The molecule has 0 aliphatic carbocycles. The van der Waals surface area contributed by atoms with Crippen molar-refractivity contribution in [1.82, 2.24) is 4.72 Å². The lowest BCUT2D eigenvalue weighted by Gasteiger charge is -2.12. The van der Waals surface area contributed by atoms with Gasteiger partial charge in [0.15, 0.2) is 0 Å². The Morgan fingerprint density at radius 2 is 2.11 bits per heavy atom. The lowest BCUT2D eigenvalue weighted by molar-refractivity contribution is -0.117. The topological polar surface area (TPSA) is 101 Å². The molecule has 1 atom stereocenters. The van der Waals surface area contributed by atoms with Gasteiger partial charge in [-0.05, 0) is 31.7 Å². The van der Waals surface area contributed by atoms with Gasteiger partial charge in [0.2, 0.25) is 15.9 Å². The van der Waals surface area contributed by atoms with Gasteiger partial charge in [-0.2, -0.15) is 0 Å². The summed E-state index contributed by atoms with van der Waals surface area (Å²) in [4.78, 5) is 11.8. The van der Waals surface area contributed by atoms with Gasteiger partial charge in [-0.1, -0.05) is 19.4 Å². The number of carbonyl (C=O) groups excluding carboxylic acids is 1. The van der Waals surface area contributed by atoms with Crippen LogP contribution < -0.4 is 15.8 Å². The molecule has 0 aliphatic rings. The molecule has 6 nitrogen and oxygen atoms in total. The maximum absolute atomic E-state index is 11.7. The maximum Gasteiger partial charge on any atom is 0.241 e. The molecular formula is C12H19N3O3S. The number of anilines is 1. The van der Waals surface area contributed by atoms with Gasteiger partial charge in [0.25, 0.3) is 0 Å². The third-order valence-electron chi connectivity index (χ3n) is 2.62. The third-order valence-corrected chi connectivity index (χ3v) is 4.03. The zero-order valence-electron chi connectivity index (χ0n) is 11.0. The second kappa shape index (κ2) is 6.65. The highest BCUT2D eigenvalue weighted by Crippen LogP contribution is 2.15. The summed E-state index contributed by atoms with van der Waals surface area (Å²) in [5.41, 5.74) is 6.09. The number of rotatable bonds is 6. The zero-order chi connectivity index (χ0) is 14.5. The molecule has 106 valence electrons. The van der Waals surface area contributed by atoms with Gasteiger partial charge in [-0.15, -0.1) is 0 Å². The van der Waals surface area contributed by atoms with E-state index in [1.54, 1.807) is 12.1 Å². The molecule has 1 rings (SSSR count). The average molecular weight is 285 g/mol. The van der Waals surface area contributed by atoms with Crippen LogP contribution in [0, 0.1) is 0 Å². The highest BCUT2D eigenvalue weighted by atomic mass is 32.2. The Morgan fingerprint density at radius 3 is 2.68 bits per heavy atom. The van der Waals surface area contributed by atoms with E-state index in [0.29, 0.717) is 12.1 Å². The first-order chi connectivity index (χ1) is 8.90. The number of carbonyl (C=O) groups is 1. The van der Waals surface area contributed by atoms with Crippen molar-refractivity contribution >= 4 is 21.6 Å². The molecule has 7 heteroatoms. The minimum atomic E-state index is -3.52. The predicted molar refractivity (Wildman–Crippen MR) is 74.2 cm³/mol. The Balaban J connectivity index is 2.87. The molecular weight excluding hydrogens is 266 g/mol. The molecule has 0 spiro atoms. The smallest absolute Gasteiger partial charge is 0.241 e. The first-order valence-electron chi connectivity index (χ1n) is 6.00. The molecule has 4 N–H and O–H groups in total. The van der Waals surface area contributed by atoms with Crippen molar-refractivity contribution < 1.29 is 13.2 Å². The quantitative estimate of drug-likeness (QED) is 0.714. The van der Waals surface area contributed by atoms with E-state index in [2.05, 4.69) is 10.0 Å². The summed E-state index contributed by atoms with van der Waals surface area (Å²) < 4.78 is 25.5. The average Bonchev–Trinajstić information content (AvgIpc) is 2.39. The number of benzene rings is 1. The molecule has 0 aliphatic heterocycles. The molecule has 0 aromatic heterocycles. The van der Waals surface area contributed by atoms with Crippen LogP contribution in [0.2, 0.25) is 0 Å². The predicted octanol–water partition coefficient (Wildman–Crippen LogP) is 0.661. The van der Waals surface area contributed by atoms with E-state index in [9.17, 15) is 13.2 Å². The fourth-order valence-corrected chi connectivity index (χ4v) is 2.31. The Labute approximate surface area is 113 Å². The van der Waals surface area contributed by atoms with Gasteiger partial charge in [-0.3, -0.25) is 4.79 Å². The number of sulfonamides is 1. The molecule has 19 heavy (non-hydrogen) atoms. The van der Waals surface area contributed by atoms with E-state index < -0.39 is 16.1 Å². The largest absolute Gasteiger partial charge is 0.325 e. The van der Waals surface area contributed by atoms with E-state index in [4.69, 9.17) is 5.73 Å². The summed E-state index contributed by atoms with van der Waals surface area (Å²) >= 11 is 0. The van der Waals surface area contributed by atoms with Crippen molar-refractivity contribution in [1.29, 1.82) is 0 Å². The Kier molecular flexibility index (Phi) is 5.46. The summed E-state index contributed by atoms with van der Waals surface area (Å²) in [5.74, 6) is -0.319. The minimum Gasteiger partial charge on any atom is -0.325 e. The van der Waals surface area contributed by atoms with Crippen LogP contribution >= 0.6 is 0 Å². The number of amides is 1. The molecule has 1 aromatic rings. The molecule has 0 unspecified atom stereocenters. The van der Waals surface area contributed by atoms with Crippen LogP contribution in [0.25, 0.3) is 0 Å². The second-order valence-corrected chi connectivity index (χ2v) is 6.01. The zero-order valence-corrected chi connectivity index (χ0v) is 11.8. The Hall–Kier alpha value is -1.44. The first-order valence-corrected chi connectivity index (χ1v) is 7.49. The lowest BCUT2D eigenvalue weighted by Crippen LogP contribution is -2.35. The van der Waals surface area contributed by atoms with Crippen molar-refractivity contribution in [3.8, 4) is 0 Å².